The minimum atomic E-state index is 0.189. The average molecular weight is 355 g/mol. The zero-order valence-electron chi connectivity index (χ0n) is 16.3. The lowest BCUT2D eigenvalue weighted by Gasteiger charge is -2.24. The first kappa shape index (κ1) is 18.6. The molecule has 6 heteroatoms. The van der Waals surface area contributed by atoms with Crippen LogP contribution in [0.1, 0.15) is 43.1 Å². The second kappa shape index (κ2) is 8.45. The molecular weight excluding hydrogens is 324 g/mol. The number of anilines is 2. The van der Waals surface area contributed by atoms with Crippen LogP contribution in [0.3, 0.4) is 0 Å². The SMILES string of the molecule is CC(C)CC(Nc1nc(N(C)C)nc2c1CCNCC2)c1cccnc1. The van der Waals surface area contributed by atoms with Gasteiger partial charge in [-0.05, 0) is 36.9 Å². The van der Waals surface area contributed by atoms with Crippen molar-refractivity contribution in [3.05, 3.63) is 41.3 Å². The maximum atomic E-state index is 4.86. The van der Waals surface area contributed by atoms with E-state index >= 15 is 0 Å². The molecule has 1 atom stereocenters. The first-order chi connectivity index (χ1) is 12.5. The third-order valence-corrected chi connectivity index (χ3v) is 4.68. The van der Waals surface area contributed by atoms with E-state index in [9.17, 15) is 0 Å². The number of nitrogens with zero attached hydrogens (tertiary/aromatic N) is 4. The molecule has 1 aliphatic rings. The van der Waals surface area contributed by atoms with E-state index in [1.54, 1.807) is 0 Å². The first-order valence-electron chi connectivity index (χ1n) is 9.49. The third-order valence-electron chi connectivity index (χ3n) is 4.68. The van der Waals surface area contributed by atoms with Gasteiger partial charge in [-0.3, -0.25) is 4.98 Å². The Bertz CT molecular complexity index is 714. The molecular formula is C20H30N6. The largest absolute Gasteiger partial charge is 0.363 e. The van der Waals surface area contributed by atoms with Crippen LogP contribution >= 0.6 is 0 Å². The highest BCUT2D eigenvalue weighted by molar-refractivity contribution is 5.53. The summed E-state index contributed by atoms with van der Waals surface area (Å²) in [4.78, 5) is 15.9. The second-order valence-corrected chi connectivity index (χ2v) is 7.55. The Morgan fingerprint density at radius 3 is 2.69 bits per heavy atom. The minimum Gasteiger partial charge on any atom is -0.363 e. The summed E-state index contributed by atoms with van der Waals surface area (Å²) in [6, 6.07) is 4.33. The van der Waals surface area contributed by atoms with Crippen LogP contribution < -0.4 is 15.5 Å². The summed E-state index contributed by atoms with van der Waals surface area (Å²) in [6.45, 7) is 6.43. The van der Waals surface area contributed by atoms with Crippen LogP contribution in [0.15, 0.2) is 24.5 Å². The Labute approximate surface area is 156 Å². The molecule has 140 valence electrons. The fourth-order valence-corrected chi connectivity index (χ4v) is 3.35. The van der Waals surface area contributed by atoms with Crippen LogP contribution in [0.5, 0.6) is 0 Å². The van der Waals surface area contributed by atoms with Crippen LogP contribution in [-0.4, -0.2) is 42.1 Å². The van der Waals surface area contributed by atoms with E-state index in [-0.39, 0.29) is 6.04 Å². The predicted octanol–water partition coefficient (Wildman–Crippen LogP) is 2.83. The van der Waals surface area contributed by atoms with Gasteiger partial charge in [0.1, 0.15) is 5.82 Å². The standard InChI is InChI=1S/C20H30N6/c1-14(2)12-18(15-6-5-9-22-13-15)23-19-16-7-10-21-11-8-17(16)24-20(25-19)26(3)4/h5-6,9,13-14,18,21H,7-8,10-12H2,1-4H3,(H,23,24,25). The number of hydrogen-bond donors (Lipinski definition) is 2. The highest BCUT2D eigenvalue weighted by Gasteiger charge is 2.21. The maximum absolute atomic E-state index is 4.86. The Morgan fingerprint density at radius 2 is 2.00 bits per heavy atom. The molecule has 0 saturated carbocycles. The summed E-state index contributed by atoms with van der Waals surface area (Å²) in [7, 11) is 3.99. The lowest BCUT2D eigenvalue weighted by Crippen LogP contribution is -2.20. The topological polar surface area (TPSA) is 66.0 Å². The summed E-state index contributed by atoms with van der Waals surface area (Å²) >= 11 is 0. The van der Waals surface area contributed by atoms with Gasteiger partial charge in [-0.1, -0.05) is 19.9 Å². The molecule has 3 heterocycles. The Kier molecular flexibility index (Phi) is 6.04. The number of fused-ring (bicyclic) bond motifs is 1. The lowest BCUT2D eigenvalue weighted by atomic mass is 9.97. The van der Waals surface area contributed by atoms with E-state index in [4.69, 9.17) is 9.97 Å². The molecule has 0 saturated heterocycles. The number of hydrogen-bond acceptors (Lipinski definition) is 6. The van der Waals surface area contributed by atoms with E-state index in [2.05, 4.69) is 35.5 Å². The molecule has 0 aliphatic carbocycles. The number of rotatable bonds is 6. The summed E-state index contributed by atoms with van der Waals surface area (Å²) < 4.78 is 0. The summed E-state index contributed by atoms with van der Waals surface area (Å²) in [6.07, 6.45) is 6.69. The van der Waals surface area contributed by atoms with Gasteiger partial charge in [-0.2, -0.15) is 4.98 Å². The molecule has 0 radical (unpaired) electrons. The van der Waals surface area contributed by atoms with Gasteiger partial charge in [0.15, 0.2) is 0 Å². The van der Waals surface area contributed by atoms with Crippen LogP contribution in [0, 0.1) is 5.92 Å². The highest BCUT2D eigenvalue weighted by atomic mass is 15.2. The zero-order valence-corrected chi connectivity index (χ0v) is 16.3. The fraction of sp³-hybridized carbons (Fsp3) is 0.550. The molecule has 0 aromatic carbocycles. The van der Waals surface area contributed by atoms with E-state index in [1.165, 1.54) is 11.1 Å². The molecule has 3 rings (SSSR count). The second-order valence-electron chi connectivity index (χ2n) is 7.55. The maximum Gasteiger partial charge on any atom is 0.227 e. The molecule has 2 N–H and O–H groups in total. The Morgan fingerprint density at radius 1 is 1.19 bits per heavy atom. The van der Waals surface area contributed by atoms with Crippen molar-refractivity contribution in [3.63, 3.8) is 0 Å². The molecule has 2 aromatic rings. The van der Waals surface area contributed by atoms with Crippen molar-refractivity contribution in [3.8, 4) is 0 Å². The van der Waals surface area contributed by atoms with Crippen molar-refractivity contribution >= 4 is 11.8 Å². The van der Waals surface area contributed by atoms with Crippen LogP contribution in [0.4, 0.5) is 11.8 Å². The normalized spacial score (nSPS) is 15.3. The molecule has 1 unspecified atom stereocenters. The van der Waals surface area contributed by atoms with E-state index in [0.717, 1.165) is 49.8 Å². The quantitative estimate of drug-likeness (QED) is 0.832. The van der Waals surface area contributed by atoms with E-state index < -0.39 is 0 Å². The third kappa shape index (κ3) is 4.49. The van der Waals surface area contributed by atoms with Crippen molar-refractivity contribution in [1.82, 2.24) is 20.3 Å². The average Bonchev–Trinajstić information content (AvgIpc) is 2.87. The van der Waals surface area contributed by atoms with Gasteiger partial charge in [-0.25, -0.2) is 4.98 Å². The molecule has 2 aromatic heterocycles. The van der Waals surface area contributed by atoms with Crippen LogP contribution in [0.2, 0.25) is 0 Å². The van der Waals surface area contributed by atoms with Gasteiger partial charge >= 0.3 is 0 Å². The number of aromatic nitrogens is 3. The van der Waals surface area contributed by atoms with Crippen molar-refractivity contribution < 1.29 is 0 Å². The fourth-order valence-electron chi connectivity index (χ4n) is 3.35. The predicted molar refractivity (Wildman–Crippen MR) is 107 cm³/mol. The van der Waals surface area contributed by atoms with Crippen molar-refractivity contribution in [2.75, 3.05) is 37.4 Å². The Balaban J connectivity index is 1.98. The smallest absolute Gasteiger partial charge is 0.227 e. The zero-order chi connectivity index (χ0) is 18.5. The summed E-state index contributed by atoms with van der Waals surface area (Å²) in [5.41, 5.74) is 3.61. The van der Waals surface area contributed by atoms with Crippen molar-refractivity contribution in [2.45, 2.75) is 39.2 Å². The molecule has 26 heavy (non-hydrogen) atoms. The van der Waals surface area contributed by atoms with E-state index in [0.29, 0.717) is 5.92 Å². The van der Waals surface area contributed by atoms with Crippen LogP contribution in [-0.2, 0) is 12.8 Å². The molecule has 1 aliphatic heterocycles. The molecule has 0 bridgehead atoms. The van der Waals surface area contributed by atoms with Gasteiger partial charge in [0.25, 0.3) is 0 Å². The Hall–Kier alpha value is -2.21. The number of nitrogens with one attached hydrogen (secondary N) is 2. The molecule has 0 amide bonds. The summed E-state index contributed by atoms with van der Waals surface area (Å²) in [5.74, 6) is 2.31. The van der Waals surface area contributed by atoms with Crippen molar-refractivity contribution in [1.29, 1.82) is 0 Å². The monoisotopic (exact) mass is 354 g/mol. The van der Waals surface area contributed by atoms with Gasteiger partial charge in [0.05, 0.1) is 11.7 Å². The van der Waals surface area contributed by atoms with Gasteiger partial charge < -0.3 is 15.5 Å². The van der Waals surface area contributed by atoms with E-state index in [1.807, 2.05) is 37.5 Å². The van der Waals surface area contributed by atoms with Crippen LogP contribution in [0.25, 0.3) is 0 Å². The molecule has 6 nitrogen and oxygen atoms in total. The lowest BCUT2D eigenvalue weighted by molar-refractivity contribution is 0.528. The molecule has 0 spiro atoms. The van der Waals surface area contributed by atoms with Gasteiger partial charge in [0, 0.05) is 45.0 Å². The highest BCUT2D eigenvalue weighted by Crippen LogP contribution is 2.29. The minimum absolute atomic E-state index is 0.189. The molecule has 0 fully saturated rings. The van der Waals surface area contributed by atoms with Crippen molar-refractivity contribution in [2.24, 2.45) is 5.92 Å². The number of pyridine rings is 1. The summed E-state index contributed by atoms with van der Waals surface area (Å²) in [5, 5.41) is 7.20. The van der Waals surface area contributed by atoms with Gasteiger partial charge in [-0.15, -0.1) is 0 Å². The first-order valence-corrected chi connectivity index (χ1v) is 9.49. The van der Waals surface area contributed by atoms with Gasteiger partial charge in [0.2, 0.25) is 5.95 Å².